The summed E-state index contributed by atoms with van der Waals surface area (Å²) in [5.74, 6) is 0. The van der Waals surface area contributed by atoms with Crippen LogP contribution in [0.3, 0.4) is 0 Å². The van der Waals surface area contributed by atoms with Crippen molar-refractivity contribution in [3.8, 4) is 0 Å². The summed E-state index contributed by atoms with van der Waals surface area (Å²) >= 11 is -5.38. The summed E-state index contributed by atoms with van der Waals surface area (Å²) in [4.78, 5) is 0. The van der Waals surface area contributed by atoms with Crippen molar-refractivity contribution in [2.24, 2.45) is 0 Å². The van der Waals surface area contributed by atoms with Gasteiger partial charge in [0.2, 0.25) is 0 Å². The second-order valence-corrected chi connectivity index (χ2v) is 1.63. The van der Waals surface area contributed by atoms with Gasteiger partial charge in [-0.05, 0) is 0 Å². The van der Waals surface area contributed by atoms with E-state index >= 15 is 0 Å². The van der Waals surface area contributed by atoms with E-state index in [0.29, 0.717) is 0 Å². The predicted octanol–water partition coefficient (Wildman–Crippen LogP) is -6.02. The fourth-order valence-corrected chi connectivity index (χ4v) is 0. The Kier molecular flexibility index (Phi) is 209. The molecule has 0 aliphatic rings. The molecule has 0 saturated carbocycles. The molecule has 0 atom stereocenters. The number of hydrogen-bond acceptors (Lipinski definition) is 3. The Morgan fingerprint density at radius 3 is 0.750 bits per heavy atom. The van der Waals surface area contributed by atoms with Gasteiger partial charge >= 0.3 is 51.7 Å². The van der Waals surface area contributed by atoms with Crippen molar-refractivity contribution in [3.05, 3.63) is 0 Å². The van der Waals surface area contributed by atoms with Crippen molar-refractivity contribution in [3.63, 3.8) is 0 Å². The van der Waals surface area contributed by atoms with Crippen LogP contribution < -0.4 is 0 Å². The summed E-state index contributed by atoms with van der Waals surface area (Å²) in [6, 6.07) is 0. The monoisotopic (exact) mass is 254 g/mol. The SMILES string of the molecule is O.O.O.O.O.O.[H-].[H-].[Mg+2].[O]=[Mn](=[O])(=[O])[OH]. The maximum absolute atomic E-state index is 8.69. The third kappa shape index (κ3) is 5590. The summed E-state index contributed by atoms with van der Waals surface area (Å²) in [5.41, 5.74) is 0. The second-order valence-electron chi connectivity index (χ2n) is 0.396. The maximum atomic E-state index is 8.69. The summed E-state index contributed by atoms with van der Waals surface area (Å²) in [5, 5.41) is 0. The summed E-state index contributed by atoms with van der Waals surface area (Å²) in [6.45, 7) is 0. The molecule has 0 rings (SSSR count). The van der Waals surface area contributed by atoms with Crippen LogP contribution in [0.15, 0.2) is 0 Å². The average molecular weight is 254 g/mol. The van der Waals surface area contributed by atoms with Gasteiger partial charge in [0.15, 0.2) is 0 Å². The van der Waals surface area contributed by atoms with Crippen LogP contribution in [-0.4, -0.2) is 60.1 Å². The molecule has 0 saturated heterocycles. The van der Waals surface area contributed by atoms with Crippen molar-refractivity contribution in [1.82, 2.24) is 0 Å². The Bertz CT molecular complexity index is 139. The standard InChI is InChI=1S/Mg.Mn.7H2O.3O.2H/h;;7*1H2;;;;;/q+2;+1;;;;;;;;;;;2*-1/p-1. The first-order valence-electron chi connectivity index (χ1n) is 0.632. The zero-order valence-electron chi connectivity index (χ0n) is 7.76. The van der Waals surface area contributed by atoms with Crippen LogP contribution >= 0.6 is 0 Å². The van der Waals surface area contributed by atoms with Crippen LogP contribution in [-0.2, 0) is 24.5 Å². The molecule has 12 heteroatoms. The van der Waals surface area contributed by atoms with Crippen LogP contribution in [0.1, 0.15) is 2.85 Å². The Labute approximate surface area is 87.7 Å². The predicted molar refractivity (Wildman–Crippen MR) is 33.9 cm³/mol. The van der Waals surface area contributed by atoms with E-state index in [2.05, 4.69) is 0 Å². The molecule has 0 aliphatic carbocycles. The fraction of sp³-hybridized carbons (Fsp3) is 0. The summed E-state index contributed by atoms with van der Waals surface area (Å²) in [7, 11) is 0. The molecule has 0 unspecified atom stereocenters. The molecule has 0 spiro atoms. The fourth-order valence-electron chi connectivity index (χ4n) is 0. The van der Waals surface area contributed by atoms with Crippen molar-refractivity contribution in [2.75, 3.05) is 0 Å². The van der Waals surface area contributed by atoms with Crippen LogP contribution in [0.25, 0.3) is 0 Å². The number of hydrogen-bond donors (Lipinski definition) is 1. The quantitative estimate of drug-likeness (QED) is 0.413. The van der Waals surface area contributed by atoms with Gasteiger partial charge in [-0.2, -0.15) is 0 Å². The zero-order chi connectivity index (χ0) is 4.50. The van der Waals surface area contributed by atoms with E-state index in [0.717, 1.165) is 0 Å². The normalized spacial score (nSPS) is 4.75. The Morgan fingerprint density at radius 2 is 0.750 bits per heavy atom. The van der Waals surface area contributed by atoms with Gasteiger partial charge in [-0.25, -0.2) is 0 Å². The van der Waals surface area contributed by atoms with Crippen molar-refractivity contribution in [1.29, 1.82) is 0 Å². The zero-order valence-corrected chi connectivity index (χ0v) is 8.35. The van der Waals surface area contributed by atoms with Crippen molar-refractivity contribution in [2.45, 2.75) is 0 Å². The second kappa shape index (κ2) is 30.1. The average Bonchev–Trinajstić information content (AvgIpc) is 0.722. The van der Waals surface area contributed by atoms with E-state index in [1.54, 1.807) is 0 Å². The molecule has 0 aromatic carbocycles. The molecule has 0 bridgehead atoms. The first kappa shape index (κ1) is 83.1. The van der Waals surface area contributed by atoms with Gasteiger partial charge < -0.3 is 35.7 Å². The van der Waals surface area contributed by atoms with Gasteiger partial charge in [0.25, 0.3) is 0 Å². The van der Waals surface area contributed by atoms with Crippen LogP contribution in [0, 0.1) is 0 Å². The molecular formula is H15MgMnO10. The Morgan fingerprint density at radius 1 is 0.750 bits per heavy atom. The van der Waals surface area contributed by atoms with Gasteiger partial charge in [0, 0.05) is 0 Å². The van der Waals surface area contributed by atoms with Crippen LogP contribution in [0.4, 0.5) is 0 Å². The molecule has 13 N–H and O–H groups in total. The molecule has 0 aromatic heterocycles. The van der Waals surface area contributed by atoms with Gasteiger partial charge in [-0.1, -0.05) is 0 Å². The van der Waals surface area contributed by atoms with E-state index in [9.17, 15) is 0 Å². The molecule has 0 heterocycles. The molecule has 0 fully saturated rings. The van der Waals surface area contributed by atoms with Gasteiger partial charge in [-0.15, -0.1) is 0 Å². The minimum absolute atomic E-state index is 0. The topological polar surface area (TPSA) is 260 Å². The van der Waals surface area contributed by atoms with E-state index in [4.69, 9.17) is 15.7 Å². The molecule has 0 amide bonds. The van der Waals surface area contributed by atoms with Crippen molar-refractivity contribution < 1.29 is 64.4 Å². The molecule has 12 heavy (non-hydrogen) atoms. The molecule has 84 valence electrons. The minimum atomic E-state index is -5.38. The Hall–Kier alpha value is 0.406. The third-order valence-corrected chi connectivity index (χ3v) is 0. The number of rotatable bonds is 0. The Balaban J connectivity index is -0.00000000222. The van der Waals surface area contributed by atoms with Crippen LogP contribution in [0.5, 0.6) is 0 Å². The van der Waals surface area contributed by atoms with E-state index in [1.165, 1.54) is 0 Å². The van der Waals surface area contributed by atoms with Gasteiger partial charge in [0.05, 0.1) is 0 Å². The summed E-state index contributed by atoms with van der Waals surface area (Å²) in [6.07, 6.45) is 0. The third-order valence-electron chi connectivity index (χ3n) is 0. The van der Waals surface area contributed by atoms with Crippen molar-refractivity contribution >= 4 is 23.1 Å². The van der Waals surface area contributed by atoms with E-state index in [-0.39, 0.29) is 58.8 Å². The molecule has 0 aromatic rings. The van der Waals surface area contributed by atoms with Gasteiger partial charge in [0.1, 0.15) is 0 Å². The van der Waals surface area contributed by atoms with Crippen LogP contribution in [0.2, 0.25) is 0 Å². The first-order chi connectivity index (χ1) is 2.00. The van der Waals surface area contributed by atoms with E-state index < -0.39 is 13.0 Å². The van der Waals surface area contributed by atoms with E-state index in [1.807, 2.05) is 0 Å². The molecule has 0 aliphatic heterocycles. The van der Waals surface area contributed by atoms with Gasteiger partial charge in [-0.3, -0.25) is 0 Å². The molecular weight excluding hydrogens is 239 g/mol. The summed E-state index contributed by atoms with van der Waals surface area (Å²) < 4.78 is 33.1. The molecule has 0 radical (unpaired) electrons. The molecule has 10 nitrogen and oxygen atoms in total. The first-order valence-corrected chi connectivity index (χ1v) is 2.61.